The molecule has 1 rings (SSSR count). The topological polar surface area (TPSA) is 74.0 Å². The van der Waals surface area contributed by atoms with Crippen molar-refractivity contribution in [1.82, 2.24) is 4.90 Å². The van der Waals surface area contributed by atoms with Crippen molar-refractivity contribution in [3.63, 3.8) is 0 Å². The van der Waals surface area contributed by atoms with Gasteiger partial charge < -0.3 is 24.8 Å². The first-order chi connectivity index (χ1) is 9.98. The van der Waals surface area contributed by atoms with Gasteiger partial charge in [-0.05, 0) is 6.92 Å². The standard InChI is InChI=1S/C14H20N2O4S/c1-5-16(8-13(15)21)14(17)9-6-11(19-3)12(20-4)7-10(9)18-2/h6-7H,5,8H2,1-4H3,(H2,15,21). The molecule has 0 bridgehead atoms. The summed E-state index contributed by atoms with van der Waals surface area (Å²) in [7, 11) is 4.51. The average Bonchev–Trinajstić information content (AvgIpc) is 2.50. The summed E-state index contributed by atoms with van der Waals surface area (Å²) < 4.78 is 15.7. The van der Waals surface area contributed by atoms with Crippen molar-refractivity contribution in [2.24, 2.45) is 5.73 Å². The van der Waals surface area contributed by atoms with E-state index < -0.39 is 0 Å². The highest BCUT2D eigenvalue weighted by molar-refractivity contribution is 7.80. The number of nitrogens with zero attached hydrogens (tertiary/aromatic N) is 1. The molecule has 0 saturated carbocycles. The summed E-state index contributed by atoms with van der Waals surface area (Å²) in [5.74, 6) is 1.11. The Labute approximate surface area is 129 Å². The second-order valence-corrected chi connectivity index (χ2v) is 4.72. The lowest BCUT2D eigenvalue weighted by molar-refractivity contribution is 0.0784. The van der Waals surface area contributed by atoms with Crippen LogP contribution in [0.15, 0.2) is 12.1 Å². The molecule has 0 saturated heterocycles. The molecule has 0 aliphatic rings. The van der Waals surface area contributed by atoms with Gasteiger partial charge in [0.1, 0.15) is 5.75 Å². The fraction of sp³-hybridized carbons (Fsp3) is 0.429. The molecule has 6 nitrogen and oxygen atoms in total. The lowest BCUT2D eigenvalue weighted by Crippen LogP contribution is -2.37. The van der Waals surface area contributed by atoms with E-state index in [2.05, 4.69) is 0 Å². The van der Waals surface area contributed by atoms with Gasteiger partial charge in [0.05, 0.1) is 38.4 Å². The number of hydrogen-bond donors (Lipinski definition) is 1. The van der Waals surface area contributed by atoms with Crippen LogP contribution in [0, 0.1) is 0 Å². The summed E-state index contributed by atoms with van der Waals surface area (Å²) >= 11 is 4.86. The molecule has 2 N–H and O–H groups in total. The van der Waals surface area contributed by atoms with E-state index in [4.69, 9.17) is 32.2 Å². The Kier molecular flexibility index (Phi) is 6.23. The van der Waals surface area contributed by atoms with Gasteiger partial charge in [-0.1, -0.05) is 12.2 Å². The van der Waals surface area contributed by atoms with E-state index in [1.54, 1.807) is 12.1 Å². The van der Waals surface area contributed by atoms with E-state index in [0.717, 1.165) is 0 Å². The van der Waals surface area contributed by atoms with Crippen LogP contribution in [0.2, 0.25) is 0 Å². The molecule has 1 aromatic rings. The van der Waals surface area contributed by atoms with Crippen LogP contribution < -0.4 is 19.9 Å². The Bertz CT molecular complexity index is 534. The van der Waals surface area contributed by atoms with Crippen LogP contribution in [0.1, 0.15) is 17.3 Å². The molecule has 0 aromatic heterocycles. The zero-order valence-corrected chi connectivity index (χ0v) is 13.5. The minimum absolute atomic E-state index is 0.210. The lowest BCUT2D eigenvalue weighted by atomic mass is 10.1. The summed E-state index contributed by atoms with van der Waals surface area (Å²) in [6.07, 6.45) is 0. The van der Waals surface area contributed by atoms with E-state index in [9.17, 15) is 4.79 Å². The third-order valence-corrected chi connectivity index (χ3v) is 3.08. The third-order valence-electron chi connectivity index (χ3n) is 2.95. The summed E-state index contributed by atoms with van der Waals surface area (Å²) in [6, 6.07) is 3.20. The first-order valence-corrected chi connectivity index (χ1v) is 6.76. The van der Waals surface area contributed by atoms with Gasteiger partial charge in [-0.2, -0.15) is 0 Å². The molecule has 0 radical (unpaired) electrons. The SMILES string of the molecule is CCN(CC(N)=S)C(=O)c1cc(OC)c(OC)cc1OC. The molecule has 0 atom stereocenters. The Balaban J connectivity index is 3.26. The molecule has 0 fully saturated rings. The van der Waals surface area contributed by atoms with E-state index in [0.29, 0.717) is 29.4 Å². The fourth-order valence-corrected chi connectivity index (χ4v) is 2.04. The molecule has 1 aromatic carbocycles. The number of rotatable bonds is 7. The van der Waals surface area contributed by atoms with Crippen LogP contribution >= 0.6 is 12.2 Å². The molecule has 0 aliphatic carbocycles. The minimum Gasteiger partial charge on any atom is -0.496 e. The summed E-state index contributed by atoms with van der Waals surface area (Å²) in [6.45, 7) is 2.54. The Morgan fingerprint density at radius 3 is 2.10 bits per heavy atom. The Hall–Kier alpha value is -2.02. The maximum atomic E-state index is 12.6. The van der Waals surface area contributed by atoms with Gasteiger partial charge in [0.25, 0.3) is 5.91 Å². The van der Waals surface area contributed by atoms with Gasteiger partial charge in [-0.15, -0.1) is 0 Å². The second-order valence-electron chi connectivity index (χ2n) is 4.19. The summed E-state index contributed by atoms with van der Waals surface area (Å²) in [5.41, 5.74) is 5.89. The molecule has 21 heavy (non-hydrogen) atoms. The highest BCUT2D eigenvalue weighted by Crippen LogP contribution is 2.35. The second kappa shape index (κ2) is 7.68. The number of hydrogen-bond acceptors (Lipinski definition) is 5. The molecule has 0 aliphatic heterocycles. The van der Waals surface area contributed by atoms with Gasteiger partial charge in [0.15, 0.2) is 11.5 Å². The normalized spacial score (nSPS) is 9.90. The molecule has 0 unspecified atom stereocenters. The zero-order valence-electron chi connectivity index (χ0n) is 12.6. The van der Waals surface area contributed by atoms with Crippen LogP contribution in [0.5, 0.6) is 17.2 Å². The number of benzene rings is 1. The zero-order chi connectivity index (χ0) is 16.0. The van der Waals surface area contributed by atoms with Crippen LogP contribution in [-0.2, 0) is 0 Å². The van der Waals surface area contributed by atoms with Crippen molar-refractivity contribution in [3.8, 4) is 17.2 Å². The predicted octanol–water partition coefficient (Wildman–Crippen LogP) is 1.46. The van der Waals surface area contributed by atoms with Crippen LogP contribution in [-0.4, -0.2) is 50.2 Å². The van der Waals surface area contributed by atoms with Crippen molar-refractivity contribution in [1.29, 1.82) is 0 Å². The van der Waals surface area contributed by atoms with Gasteiger partial charge in [-0.25, -0.2) is 0 Å². The van der Waals surface area contributed by atoms with Crippen molar-refractivity contribution in [2.75, 3.05) is 34.4 Å². The van der Waals surface area contributed by atoms with Crippen molar-refractivity contribution < 1.29 is 19.0 Å². The number of carbonyl (C=O) groups is 1. The molecule has 116 valence electrons. The average molecular weight is 312 g/mol. The minimum atomic E-state index is -0.233. The van der Waals surface area contributed by atoms with E-state index in [-0.39, 0.29) is 17.4 Å². The molecular formula is C14H20N2O4S. The quantitative estimate of drug-likeness (QED) is 0.768. The number of amides is 1. The van der Waals surface area contributed by atoms with Crippen molar-refractivity contribution >= 4 is 23.1 Å². The highest BCUT2D eigenvalue weighted by atomic mass is 32.1. The van der Waals surface area contributed by atoms with Gasteiger partial charge >= 0.3 is 0 Å². The van der Waals surface area contributed by atoms with Gasteiger partial charge in [0, 0.05) is 18.7 Å². The highest BCUT2D eigenvalue weighted by Gasteiger charge is 2.22. The number of thiocarbonyl (C=S) groups is 1. The molecule has 0 heterocycles. The van der Waals surface area contributed by atoms with Crippen molar-refractivity contribution in [2.45, 2.75) is 6.92 Å². The largest absolute Gasteiger partial charge is 0.496 e. The first-order valence-electron chi connectivity index (χ1n) is 6.36. The number of likely N-dealkylation sites (N-methyl/N-ethyl adjacent to an activating group) is 1. The van der Waals surface area contributed by atoms with Gasteiger partial charge in [-0.3, -0.25) is 4.79 Å². The van der Waals surface area contributed by atoms with E-state index in [1.807, 2.05) is 6.92 Å². The van der Waals surface area contributed by atoms with Gasteiger partial charge in [0.2, 0.25) is 0 Å². The summed E-state index contributed by atoms with van der Waals surface area (Å²) in [4.78, 5) is 14.4. The van der Waals surface area contributed by atoms with Crippen LogP contribution in [0.25, 0.3) is 0 Å². The Morgan fingerprint density at radius 1 is 1.14 bits per heavy atom. The molecule has 1 amide bonds. The maximum Gasteiger partial charge on any atom is 0.258 e. The van der Waals surface area contributed by atoms with Crippen molar-refractivity contribution in [3.05, 3.63) is 17.7 Å². The number of ether oxygens (including phenoxy) is 3. The monoisotopic (exact) mass is 312 g/mol. The molecule has 7 heteroatoms. The smallest absolute Gasteiger partial charge is 0.258 e. The Morgan fingerprint density at radius 2 is 1.67 bits per heavy atom. The lowest BCUT2D eigenvalue weighted by Gasteiger charge is -2.22. The van der Waals surface area contributed by atoms with E-state index in [1.165, 1.54) is 26.2 Å². The number of nitrogens with two attached hydrogens (primary N) is 1. The predicted molar refractivity (Wildman–Crippen MR) is 84.5 cm³/mol. The molecule has 0 spiro atoms. The van der Waals surface area contributed by atoms with Crippen LogP contribution in [0.4, 0.5) is 0 Å². The first kappa shape index (κ1) is 17.0. The van der Waals surface area contributed by atoms with Crippen LogP contribution in [0.3, 0.4) is 0 Å². The summed E-state index contributed by atoms with van der Waals surface area (Å²) in [5, 5.41) is 0. The molecular weight excluding hydrogens is 292 g/mol. The number of carbonyl (C=O) groups excluding carboxylic acids is 1. The fourth-order valence-electron chi connectivity index (χ4n) is 1.88. The van der Waals surface area contributed by atoms with E-state index >= 15 is 0 Å². The maximum absolute atomic E-state index is 12.6. The third kappa shape index (κ3) is 3.98. The number of methoxy groups -OCH3 is 3.